The highest BCUT2D eigenvalue weighted by Gasteiger charge is 2.13. The Kier molecular flexibility index (Phi) is 3.19. The van der Waals surface area contributed by atoms with Crippen molar-refractivity contribution in [3.63, 3.8) is 0 Å². The molecule has 0 radical (unpaired) electrons. The molecule has 5 rings (SSSR count). The van der Waals surface area contributed by atoms with Crippen LogP contribution in [0.4, 0.5) is 0 Å². The fourth-order valence-corrected chi connectivity index (χ4v) is 5.08. The highest BCUT2D eigenvalue weighted by molar-refractivity contribution is 7.22. The average Bonchev–Trinajstić information content (AvgIpc) is 2.95. The van der Waals surface area contributed by atoms with Gasteiger partial charge in [-0.05, 0) is 75.7 Å². The van der Waals surface area contributed by atoms with E-state index in [0.29, 0.717) is 0 Å². The second-order valence-corrected chi connectivity index (χ2v) is 7.82. The lowest BCUT2D eigenvalue weighted by Gasteiger charge is -2.08. The van der Waals surface area contributed by atoms with Crippen molar-refractivity contribution in [1.82, 2.24) is 0 Å². The van der Waals surface area contributed by atoms with Crippen LogP contribution in [-0.2, 0) is 0 Å². The third kappa shape index (κ3) is 2.27. The highest BCUT2D eigenvalue weighted by Crippen LogP contribution is 2.41. The van der Waals surface area contributed by atoms with Crippen LogP contribution in [0.2, 0.25) is 0 Å². The number of fused-ring (bicyclic) bond motifs is 3. The Bertz CT molecular complexity index is 1260. The fraction of sp³-hybridized carbons (Fsp3) is 0.0833. The lowest BCUT2D eigenvalue weighted by molar-refractivity contribution is 1.48. The molecule has 1 aromatic heterocycles. The minimum atomic E-state index is 1.31. The molecule has 0 atom stereocenters. The lowest BCUT2D eigenvalue weighted by Crippen LogP contribution is -1.84. The van der Waals surface area contributed by atoms with Crippen molar-refractivity contribution >= 4 is 43.0 Å². The molecule has 5 aromatic rings. The smallest absolute Gasteiger partial charge is 0.0387 e. The molecule has 0 bridgehead atoms. The third-order valence-corrected chi connectivity index (χ3v) is 6.43. The Morgan fingerprint density at radius 2 is 1.20 bits per heavy atom. The summed E-state index contributed by atoms with van der Waals surface area (Å²) in [6.07, 6.45) is 0. The van der Waals surface area contributed by atoms with Crippen molar-refractivity contribution in [2.75, 3.05) is 0 Å². The van der Waals surface area contributed by atoms with Crippen molar-refractivity contribution in [2.45, 2.75) is 13.8 Å². The zero-order valence-corrected chi connectivity index (χ0v) is 15.2. The van der Waals surface area contributed by atoms with Crippen LogP contribution in [0.1, 0.15) is 11.1 Å². The zero-order valence-electron chi connectivity index (χ0n) is 14.3. The fourth-order valence-electron chi connectivity index (χ4n) is 3.76. The van der Waals surface area contributed by atoms with E-state index in [-0.39, 0.29) is 0 Å². The summed E-state index contributed by atoms with van der Waals surface area (Å²) in [6.45, 7) is 4.49. The number of hydrogen-bond acceptors (Lipinski definition) is 1. The summed E-state index contributed by atoms with van der Waals surface area (Å²) >= 11 is 1.91. The maximum absolute atomic E-state index is 2.35. The van der Waals surface area contributed by atoms with Gasteiger partial charge < -0.3 is 0 Å². The van der Waals surface area contributed by atoms with Gasteiger partial charge in [-0.1, -0.05) is 54.6 Å². The zero-order chi connectivity index (χ0) is 17.0. The van der Waals surface area contributed by atoms with Crippen LogP contribution >= 0.6 is 11.3 Å². The molecule has 0 amide bonds. The molecule has 25 heavy (non-hydrogen) atoms. The van der Waals surface area contributed by atoms with Gasteiger partial charge in [-0.25, -0.2) is 0 Å². The number of aryl methyl sites for hydroxylation is 2. The molecule has 0 unspecified atom stereocenters. The van der Waals surface area contributed by atoms with Crippen molar-refractivity contribution < 1.29 is 0 Å². The molecule has 1 heterocycles. The van der Waals surface area contributed by atoms with Gasteiger partial charge in [0, 0.05) is 9.58 Å². The molecule has 0 N–H and O–H groups in total. The molecule has 1 heteroatoms. The minimum Gasteiger partial charge on any atom is -0.135 e. The molecule has 120 valence electrons. The number of rotatable bonds is 1. The second-order valence-electron chi connectivity index (χ2n) is 6.77. The third-order valence-electron chi connectivity index (χ3n) is 5.14. The first-order valence-electron chi connectivity index (χ1n) is 8.62. The highest BCUT2D eigenvalue weighted by atomic mass is 32.1. The molecule has 0 saturated heterocycles. The average molecular weight is 338 g/mol. The molecule has 0 aliphatic rings. The van der Waals surface area contributed by atoms with Crippen molar-refractivity contribution in [3.05, 3.63) is 83.9 Å². The number of benzene rings is 4. The molecule has 0 fully saturated rings. The van der Waals surface area contributed by atoms with Crippen LogP contribution in [0.3, 0.4) is 0 Å². The van der Waals surface area contributed by atoms with E-state index in [1.165, 1.54) is 53.2 Å². The van der Waals surface area contributed by atoms with Crippen molar-refractivity contribution in [1.29, 1.82) is 0 Å². The van der Waals surface area contributed by atoms with Crippen molar-refractivity contribution in [2.24, 2.45) is 0 Å². The molecule has 4 aromatic carbocycles. The van der Waals surface area contributed by atoms with E-state index in [1.54, 1.807) is 0 Å². The SMILES string of the molecule is Cc1cc2ccccc2cc1-c1sc2cc3ccccc3cc2c1C. The summed E-state index contributed by atoms with van der Waals surface area (Å²) in [5.74, 6) is 0. The van der Waals surface area contributed by atoms with Gasteiger partial charge in [-0.2, -0.15) is 0 Å². The van der Waals surface area contributed by atoms with E-state index in [1.807, 2.05) is 11.3 Å². The number of thiophene rings is 1. The van der Waals surface area contributed by atoms with Gasteiger partial charge in [0.15, 0.2) is 0 Å². The Balaban J connectivity index is 1.81. The Hall–Kier alpha value is -2.64. The van der Waals surface area contributed by atoms with E-state index in [0.717, 1.165) is 0 Å². The van der Waals surface area contributed by atoms with Gasteiger partial charge in [0.1, 0.15) is 0 Å². The van der Waals surface area contributed by atoms with Crippen LogP contribution in [0.15, 0.2) is 72.8 Å². The Morgan fingerprint density at radius 1 is 0.640 bits per heavy atom. The van der Waals surface area contributed by atoms with Crippen LogP contribution in [0.5, 0.6) is 0 Å². The van der Waals surface area contributed by atoms with Crippen LogP contribution in [0, 0.1) is 13.8 Å². The van der Waals surface area contributed by atoms with E-state index >= 15 is 0 Å². The van der Waals surface area contributed by atoms with Gasteiger partial charge in [0.25, 0.3) is 0 Å². The first kappa shape index (κ1) is 14.7. The summed E-state index contributed by atoms with van der Waals surface area (Å²) in [7, 11) is 0. The van der Waals surface area contributed by atoms with E-state index in [9.17, 15) is 0 Å². The summed E-state index contributed by atoms with van der Waals surface area (Å²) in [4.78, 5) is 1.40. The van der Waals surface area contributed by atoms with E-state index in [2.05, 4.69) is 86.6 Å². The summed E-state index contributed by atoms with van der Waals surface area (Å²) < 4.78 is 1.37. The van der Waals surface area contributed by atoms with E-state index < -0.39 is 0 Å². The standard InChI is InChI=1S/C24H18S/c1-15-11-17-7-3-4-8-18(17)12-21(15)24-16(2)22-13-19-9-5-6-10-20(19)14-23(22)25-24/h3-14H,1-2H3. The molecule has 0 nitrogen and oxygen atoms in total. The van der Waals surface area contributed by atoms with Gasteiger partial charge in [-0.15, -0.1) is 11.3 Å². The van der Waals surface area contributed by atoms with Gasteiger partial charge in [0.05, 0.1) is 0 Å². The van der Waals surface area contributed by atoms with E-state index in [4.69, 9.17) is 0 Å². The first-order chi connectivity index (χ1) is 12.2. The second kappa shape index (κ2) is 5.44. The van der Waals surface area contributed by atoms with Gasteiger partial charge >= 0.3 is 0 Å². The maximum atomic E-state index is 2.35. The first-order valence-corrected chi connectivity index (χ1v) is 9.44. The normalized spacial score (nSPS) is 11.6. The lowest BCUT2D eigenvalue weighted by atomic mass is 9.98. The quantitative estimate of drug-likeness (QED) is 0.297. The van der Waals surface area contributed by atoms with Crippen molar-refractivity contribution in [3.8, 4) is 10.4 Å². The summed E-state index contributed by atoms with van der Waals surface area (Å²) in [5, 5.41) is 6.64. The maximum Gasteiger partial charge on any atom is 0.0387 e. The largest absolute Gasteiger partial charge is 0.135 e. The van der Waals surface area contributed by atoms with Gasteiger partial charge in [0.2, 0.25) is 0 Å². The Labute approximate surface area is 151 Å². The van der Waals surface area contributed by atoms with Crippen LogP contribution in [0.25, 0.3) is 42.1 Å². The van der Waals surface area contributed by atoms with Crippen LogP contribution in [-0.4, -0.2) is 0 Å². The molecule has 0 spiro atoms. The molecule has 0 aliphatic heterocycles. The summed E-state index contributed by atoms with van der Waals surface area (Å²) in [5.41, 5.74) is 4.10. The number of hydrogen-bond donors (Lipinski definition) is 0. The monoisotopic (exact) mass is 338 g/mol. The molecule has 0 aliphatic carbocycles. The predicted molar refractivity (Wildman–Crippen MR) is 112 cm³/mol. The Morgan fingerprint density at radius 3 is 1.88 bits per heavy atom. The molecular weight excluding hydrogens is 320 g/mol. The minimum absolute atomic E-state index is 1.31. The molecular formula is C24H18S. The van der Waals surface area contributed by atoms with Crippen LogP contribution < -0.4 is 0 Å². The topological polar surface area (TPSA) is 0 Å². The summed E-state index contributed by atoms with van der Waals surface area (Å²) in [6, 6.07) is 26.6. The van der Waals surface area contributed by atoms with Gasteiger partial charge in [-0.3, -0.25) is 0 Å². The predicted octanol–water partition coefficient (Wildman–Crippen LogP) is 7.49. The molecule has 0 saturated carbocycles.